The number of ether oxygens (including phenoxy) is 1. The maximum Gasteiger partial charge on any atom is 0.297 e. The van der Waals surface area contributed by atoms with E-state index in [1.54, 1.807) is 18.2 Å². The highest BCUT2D eigenvalue weighted by Crippen LogP contribution is 2.32. The molecule has 12 heteroatoms. The second-order valence-electron chi connectivity index (χ2n) is 8.35. The monoisotopic (exact) mass is 501 g/mol. The molecule has 3 heterocycles. The number of alkyl halides is 1. The Hall–Kier alpha value is -3.64. The third kappa shape index (κ3) is 4.66. The van der Waals surface area contributed by atoms with Crippen molar-refractivity contribution in [2.45, 2.75) is 23.6 Å². The molecule has 0 aliphatic carbocycles. The van der Waals surface area contributed by atoms with E-state index in [0.717, 1.165) is 12.3 Å². The van der Waals surface area contributed by atoms with Crippen LogP contribution in [-0.2, 0) is 9.84 Å². The lowest BCUT2D eigenvalue weighted by Gasteiger charge is -2.26. The molecule has 0 amide bonds. The molecule has 35 heavy (non-hydrogen) atoms. The van der Waals surface area contributed by atoms with Gasteiger partial charge in [0.1, 0.15) is 29.5 Å². The second kappa shape index (κ2) is 8.86. The molecule has 0 saturated carbocycles. The Labute approximate surface area is 198 Å². The van der Waals surface area contributed by atoms with Crippen molar-refractivity contribution in [3.05, 3.63) is 58.6 Å². The number of hydrogen-bond acceptors (Lipinski definition) is 7. The van der Waals surface area contributed by atoms with Crippen LogP contribution >= 0.6 is 0 Å². The van der Waals surface area contributed by atoms with Gasteiger partial charge in [-0.25, -0.2) is 17.2 Å². The lowest BCUT2D eigenvalue weighted by Crippen LogP contribution is -2.45. The Morgan fingerprint density at radius 3 is 2.71 bits per heavy atom. The van der Waals surface area contributed by atoms with Gasteiger partial charge >= 0.3 is 0 Å². The highest BCUT2D eigenvalue weighted by Gasteiger charge is 2.27. The van der Waals surface area contributed by atoms with Crippen molar-refractivity contribution in [1.29, 1.82) is 0 Å². The Morgan fingerprint density at radius 2 is 1.97 bits per heavy atom. The van der Waals surface area contributed by atoms with Crippen molar-refractivity contribution in [2.24, 2.45) is 0 Å². The number of aromatic nitrogens is 4. The zero-order valence-corrected chi connectivity index (χ0v) is 19.3. The van der Waals surface area contributed by atoms with E-state index in [1.807, 2.05) is 0 Å². The van der Waals surface area contributed by atoms with Crippen LogP contribution in [0.4, 0.5) is 8.78 Å². The quantitative estimate of drug-likeness (QED) is 0.383. The average molecular weight is 502 g/mol. The van der Waals surface area contributed by atoms with Gasteiger partial charge in [-0.3, -0.25) is 14.9 Å². The summed E-state index contributed by atoms with van der Waals surface area (Å²) in [5.74, 6) is -0.691. The fourth-order valence-corrected chi connectivity index (χ4v) is 4.64. The van der Waals surface area contributed by atoms with Crippen LogP contribution in [0.5, 0.6) is 6.01 Å². The van der Waals surface area contributed by atoms with Crippen molar-refractivity contribution in [3.63, 3.8) is 0 Å². The molecule has 1 aliphatic rings. The molecule has 2 aromatic carbocycles. The molecule has 5 rings (SSSR count). The standard InChI is InChI=1S/C23H21F2N5O4S/c1-35(32,33)13-3-4-14(17(25)9-13)12-2-5-18-15(8-12)22(30-29-18)19-10-21(31)28-23(27-19)34-20-11-26-7-6-16(20)24/h2-5,8-10,16,20,26H,6-7,11H2,1H3,(H,29,30)(H,27,28,31)/t16-,20-/m1/s1. The third-order valence-corrected chi connectivity index (χ3v) is 6.92. The lowest BCUT2D eigenvalue weighted by atomic mass is 10.0. The molecule has 1 fully saturated rings. The Kier molecular flexibility index (Phi) is 5.85. The average Bonchev–Trinajstić information content (AvgIpc) is 3.23. The molecule has 9 nitrogen and oxygen atoms in total. The molecule has 4 aromatic rings. The van der Waals surface area contributed by atoms with Gasteiger partial charge < -0.3 is 10.1 Å². The number of piperidine rings is 1. The van der Waals surface area contributed by atoms with Gasteiger partial charge in [0, 0.05) is 29.8 Å². The summed E-state index contributed by atoms with van der Waals surface area (Å²) in [6.07, 6.45) is -0.676. The summed E-state index contributed by atoms with van der Waals surface area (Å²) in [6, 6.07) is 9.85. The summed E-state index contributed by atoms with van der Waals surface area (Å²) < 4.78 is 58.0. The van der Waals surface area contributed by atoms with Crippen molar-refractivity contribution in [1.82, 2.24) is 25.5 Å². The number of nitrogens with zero attached hydrogens (tertiary/aromatic N) is 2. The van der Waals surface area contributed by atoms with Gasteiger partial charge in [-0.05, 0) is 42.8 Å². The maximum absolute atomic E-state index is 14.8. The van der Waals surface area contributed by atoms with Gasteiger partial charge in [-0.15, -0.1) is 0 Å². The number of H-pyrrole nitrogens is 2. The number of nitrogens with one attached hydrogen (secondary N) is 3. The van der Waals surface area contributed by atoms with E-state index in [0.29, 0.717) is 35.1 Å². The number of rotatable bonds is 5. The number of halogens is 2. The van der Waals surface area contributed by atoms with Crippen LogP contribution in [0.3, 0.4) is 0 Å². The minimum absolute atomic E-state index is 0.118. The molecule has 0 bridgehead atoms. The first-order valence-electron chi connectivity index (χ1n) is 10.8. The van der Waals surface area contributed by atoms with Crippen LogP contribution in [0, 0.1) is 5.82 Å². The molecule has 2 aromatic heterocycles. The van der Waals surface area contributed by atoms with Crippen LogP contribution in [0.25, 0.3) is 33.4 Å². The van der Waals surface area contributed by atoms with Crippen LogP contribution < -0.4 is 15.6 Å². The molecule has 0 unspecified atom stereocenters. The largest absolute Gasteiger partial charge is 0.457 e. The number of hydrogen-bond donors (Lipinski definition) is 3. The molecular weight excluding hydrogens is 480 g/mol. The minimum Gasteiger partial charge on any atom is -0.457 e. The SMILES string of the molecule is CS(=O)(=O)c1ccc(-c2ccc3[nH]nc(-c4cc(=O)[nH]c(O[C@@H]5CNCC[C@H]5F)n4)c3c2)c(F)c1. The highest BCUT2D eigenvalue weighted by atomic mass is 32.2. The topological polar surface area (TPSA) is 130 Å². The predicted molar refractivity (Wildman–Crippen MR) is 125 cm³/mol. The smallest absolute Gasteiger partial charge is 0.297 e. The van der Waals surface area contributed by atoms with Crippen LogP contribution in [0.1, 0.15) is 6.42 Å². The predicted octanol–water partition coefficient (Wildman–Crippen LogP) is 2.60. The van der Waals surface area contributed by atoms with Crippen LogP contribution in [0.15, 0.2) is 52.2 Å². The lowest BCUT2D eigenvalue weighted by molar-refractivity contribution is 0.0666. The van der Waals surface area contributed by atoms with E-state index < -0.39 is 33.5 Å². The number of sulfone groups is 1. The molecule has 1 aliphatic heterocycles. The summed E-state index contributed by atoms with van der Waals surface area (Å²) >= 11 is 0. The first kappa shape index (κ1) is 23.1. The van der Waals surface area contributed by atoms with Crippen molar-refractivity contribution in [3.8, 4) is 28.5 Å². The third-order valence-electron chi connectivity index (χ3n) is 5.81. The van der Waals surface area contributed by atoms with Crippen molar-refractivity contribution >= 4 is 20.7 Å². The van der Waals surface area contributed by atoms with Gasteiger partial charge in [0.15, 0.2) is 9.84 Å². The Balaban J connectivity index is 1.53. The molecule has 0 radical (unpaired) electrons. The zero-order valence-electron chi connectivity index (χ0n) is 18.5. The summed E-state index contributed by atoms with van der Waals surface area (Å²) in [6.45, 7) is 0.831. The minimum atomic E-state index is -3.55. The van der Waals surface area contributed by atoms with E-state index >= 15 is 0 Å². The van der Waals surface area contributed by atoms with Crippen LogP contribution in [-0.4, -0.2) is 60.2 Å². The summed E-state index contributed by atoms with van der Waals surface area (Å²) in [4.78, 5) is 19.0. The summed E-state index contributed by atoms with van der Waals surface area (Å²) in [5.41, 5.74) is 1.31. The Bertz CT molecular complexity index is 1580. The number of aromatic amines is 2. The first-order chi connectivity index (χ1) is 16.7. The van der Waals surface area contributed by atoms with E-state index in [4.69, 9.17) is 4.74 Å². The van der Waals surface area contributed by atoms with Gasteiger partial charge in [0.2, 0.25) is 0 Å². The second-order valence-corrected chi connectivity index (χ2v) is 10.4. The van der Waals surface area contributed by atoms with E-state index in [2.05, 4.69) is 25.5 Å². The zero-order chi connectivity index (χ0) is 24.7. The highest BCUT2D eigenvalue weighted by molar-refractivity contribution is 7.90. The van der Waals surface area contributed by atoms with E-state index in [-0.39, 0.29) is 28.7 Å². The van der Waals surface area contributed by atoms with Gasteiger partial charge in [0.05, 0.1) is 10.4 Å². The normalized spacial score (nSPS) is 18.6. The Morgan fingerprint density at radius 1 is 1.14 bits per heavy atom. The molecule has 0 spiro atoms. The van der Waals surface area contributed by atoms with E-state index in [9.17, 15) is 22.0 Å². The van der Waals surface area contributed by atoms with Gasteiger partial charge in [-0.1, -0.05) is 12.1 Å². The fraction of sp³-hybridized carbons (Fsp3) is 0.261. The molecule has 1 saturated heterocycles. The van der Waals surface area contributed by atoms with Crippen molar-refractivity contribution < 1.29 is 21.9 Å². The molecule has 3 N–H and O–H groups in total. The van der Waals surface area contributed by atoms with Crippen LogP contribution in [0.2, 0.25) is 0 Å². The summed E-state index contributed by atoms with van der Waals surface area (Å²) in [7, 11) is -3.55. The summed E-state index contributed by atoms with van der Waals surface area (Å²) in [5, 5.41) is 10.7. The molecule has 2 atom stereocenters. The molecule has 182 valence electrons. The van der Waals surface area contributed by atoms with E-state index in [1.165, 1.54) is 18.2 Å². The fourth-order valence-electron chi connectivity index (χ4n) is 4.01. The molecular formula is C23H21F2N5O4S. The maximum atomic E-state index is 14.8. The number of fused-ring (bicyclic) bond motifs is 1. The van der Waals surface area contributed by atoms with Crippen molar-refractivity contribution in [2.75, 3.05) is 19.3 Å². The van der Waals surface area contributed by atoms with Gasteiger partial charge in [-0.2, -0.15) is 10.1 Å². The first-order valence-corrected chi connectivity index (χ1v) is 12.7. The van der Waals surface area contributed by atoms with Gasteiger partial charge in [0.25, 0.3) is 11.6 Å². The number of benzene rings is 2.